The van der Waals surface area contributed by atoms with E-state index in [1.807, 2.05) is 13.1 Å². The van der Waals surface area contributed by atoms with Crippen LogP contribution in [0.15, 0.2) is 33.6 Å². The summed E-state index contributed by atoms with van der Waals surface area (Å²) in [6.45, 7) is 3.74. The molecule has 0 aliphatic carbocycles. The first-order valence-corrected chi connectivity index (χ1v) is 10.3. The Bertz CT molecular complexity index is 575. The number of halogens is 2. The Labute approximate surface area is 154 Å². The number of piperidine rings is 1. The number of hydrogen-bond donors (Lipinski definition) is 1. The number of nitrogens with zero attached hydrogens (tertiary/aromatic N) is 1. The van der Waals surface area contributed by atoms with Gasteiger partial charge >= 0.3 is 0 Å². The van der Waals surface area contributed by atoms with Crippen molar-refractivity contribution in [1.82, 2.24) is 10.2 Å². The minimum atomic E-state index is -3.19. The molecule has 0 unspecified atom stereocenters. The number of likely N-dealkylation sites (tertiary alicyclic amines) is 1. The van der Waals surface area contributed by atoms with Crippen molar-refractivity contribution < 1.29 is 8.42 Å². The molecule has 0 saturated carbocycles. The molecule has 1 N–H and O–H groups in total. The first-order chi connectivity index (χ1) is 10.5. The summed E-state index contributed by atoms with van der Waals surface area (Å²) in [7, 11) is -1.20. The number of hydrogen-bond acceptors (Lipinski definition) is 4. The minimum Gasteiger partial charge on any atom is -0.320 e. The smallest absolute Gasteiger partial charge is 0.179 e. The highest BCUT2D eigenvalue weighted by atomic mass is 79.9. The summed E-state index contributed by atoms with van der Waals surface area (Å²) >= 11 is 3.33. The van der Waals surface area contributed by atoms with Crippen molar-refractivity contribution in [2.24, 2.45) is 5.92 Å². The fraction of sp³-hybridized carbons (Fsp3) is 0.625. The van der Waals surface area contributed by atoms with E-state index in [1.165, 1.54) is 19.3 Å². The molecule has 4 nitrogen and oxygen atoms in total. The fourth-order valence-electron chi connectivity index (χ4n) is 2.87. The van der Waals surface area contributed by atoms with E-state index in [9.17, 15) is 8.42 Å². The summed E-state index contributed by atoms with van der Waals surface area (Å²) in [5.41, 5.74) is 0. The molecule has 1 heterocycles. The second-order valence-corrected chi connectivity index (χ2v) is 8.98. The molecule has 0 radical (unpaired) electrons. The Morgan fingerprint density at radius 3 is 2.61 bits per heavy atom. The second kappa shape index (κ2) is 9.99. The molecule has 0 spiro atoms. The largest absolute Gasteiger partial charge is 0.320 e. The third-order valence-electron chi connectivity index (χ3n) is 4.34. The van der Waals surface area contributed by atoms with Crippen LogP contribution in [0.25, 0.3) is 0 Å². The molecule has 23 heavy (non-hydrogen) atoms. The number of benzene rings is 1. The van der Waals surface area contributed by atoms with Gasteiger partial charge in [0.25, 0.3) is 0 Å². The first kappa shape index (κ1) is 20.9. The van der Waals surface area contributed by atoms with Gasteiger partial charge in [-0.25, -0.2) is 8.42 Å². The van der Waals surface area contributed by atoms with Gasteiger partial charge in [-0.15, -0.1) is 12.4 Å². The van der Waals surface area contributed by atoms with Gasteiger partial charge < -0.3 is 10.2 Å². The highest BCUT2D eigenvalue weighted by Gasteiger charge is 2.21. The lowest BCUT2D eigenvalue weighted by molar-refractivity contribution is 0.187. The SMILES string of the molecule is CNCCC1CCN(CCS(=O)(=O)c2cccc(Br)c2)CC1.Cl. The molecule has 1 aromatic rings. The zero-order valence-electron chi connectivity index (χ0n) is 13.5. The monoisotopic (exact) mass is 424 g/mol. The molecule has 1 saturated heterocycles. The van der Waals surface area contributed by atoms with Crippen molar-refractivity contribution in [2.45, 2.75) is 24.2 Å². The van der Waals surface area contributed by atoms with Crippen molar-refractivity contribution in [3.63, 3.8) is 0 Å². The summed E-state index contributed by atoms with van der Waals surface area (Å²) in [6, 6.07) is 6.96. The van der Waals surface area contributed by atoms with E-state index in [1.54, 1.807) is 18.2 Å². The zero-order valence-corrected chi connectivity index (χ0v) is 16.7. The van der Waals surface area contributed by atoms with Crippen LogP contribution in [0.4, 0.5) is 0 Å². The Morgan fingerprint density at radius 2 is 2.00 bits per heavy atom. The van der Waals surface area contributed by atoms with Gasteiger partial charge in [-0.1, -0.05) is 22.0 Å². The zero-order chi connectivity index (χ0) is 16.0. The Balaban J connectivity index is 0.00000264. The van der Waals surface area contributed by atoms with Crippen LogP contribution in [0.2, 0.25) is 0 Å². The quantitative estimate of drug-likeness (QED) is 0.729. The molecule has 132 valence electrons. The van der Waals surface area contributed by atoms with Gasteiger partial charge in [-0.05, 0) is 70.1 Å². The standard InChI is InChI=1S/C16H25BrN2O2S.ClH/c1-18-8-5-14-6-9-19(10-7-14)11-12-22(20,21)16-4-2-3-15(17)13-16;/h2-4,13-14,18H,5-12H2,1H3;1H. The van der Waals surface area contributed by atoms with E-state index < -0.39 is 9.84 Å². The van der Waals surface area contributed by atoms with Gasteiger partial charge in [0.05, 0.1) is 10.6 Å². The molecule has 1 aromatic carbocycles. The Hall–Kier alpha value is -0.140. The van der Waals surface area contributed by atoms with E-state index in [-0.39, 0.29) is 18.2 Å². The third kappa shape index (κ3) is 6.70. The molecular formula is C16H26BrClN2O2S. The first-order valence-electron chi connectivity index (χ1n) is 7.86. The highest BCUT2D eigenvalue weighted by Crippen LogP contribution is 2.21. The van der Waals surface area contributed by atoms with Gasteiger partial charge in [-0.2, -0.15) is 0 Å². The normalized spacial score (nSPS) is 17.0. The van der Waals surface area contributed by atoms with E-state index in [0.717, 1.165) is 30.0 Å². The van der Waals surface area contributed by atoms with Crippen LogP contribution in [0, 0.1) is 5.92 Å². The summed E-state index contributed by atoms with van der Waals surface area (Å²) in [6.07, 6.45) is 3.58. The number of nitrogens with one attached hydrogen (secondary N) is 1. The molecule has 0 aromatic heterocycles. The van der Waals surface area contributed by atoms with Crippen molar-refractivity contribution >= 4 is 38.2 Å². The van der Waals surface area contributed by atoms with Gasteiger partial charge in [0.2, 0.25) is 0 Å². The lowest BCUT2D eigenvalue weighted by atomic mass is 9.94. The molecule has 2 rings (SSSR count). The van der Waals surface area contributed by atoms with Gasteiger partial charge in [0.1, 0.15) is 0 Å². The van der Waals surface area contributed by atoms with Crippen LogP contribution in [0.5, 0.6) is 0 Å². The lowest BCUT2D eigenvalue weighted by Crippen LogP contribution is -2.37. The predicted octanol–water partition coefficient (Wildman–Crippen LogP) is 2.97. The number of sulfone groups is 1. The topological polar surface area (TPSA) is 49.4 Å². The van der Waals surface area contributed by atoms with Crippen molar-refractivity contribution in [3.8, 4) is 0 Å². The molecule has 7 heteroatoms. The van der Waals surface area contributed by atoms with Gasteiger partial charge in [0, 0.05) is 11.0 Å². The average Bonchev–Trinajstić information content (AvgIpc) is 2.52. The van der Waals surface area contributed by atoms with Crippen LogP contribution in [0.3, 0.4) is 0 Å². The highest BCUT2D eigenvalue weighted by molar-refractivity contribution is 9.10. The van der Waals surface area contributed by atoms with Crippen LogP contribution in [0.1, 0.15) is 19.3 Å². The second-order valence-electron chi connectivity index (χ2n) is 5.95. The minimum absolute atomic E-state index is 0. The maximum atomic E-state index is 12.4. The average molecular weight is 426 g/mol. The molecule has 0 amide bonds. The summed E-state index contributed by atoms with van der Waals surface area (Å²) in [5.74, 6) is 0.982. The molecule has 0 bridgehead atoms. The lowest BCUT2D eigenvalue weighted by Gasteiger charge is -2.31. The van der Waals surface area contributed by atoms with E-state index in [2.05, 4.69) is 26.1 Å². The molecule has 0 atom stereocenters. The van der Waals surface area contributed by atoms with Crippen LogP contribution >= 0.6 is 28.3 Å². The fourth-order valence-corrected chi connectivity index (χ4v) is 4.75. The molecule has 1 aliphatic heterocycles. The van der Waals surface area contributed by atoms with Crippen LogP contribution in [-0.2, 0) is 9.84 Å². The van der Waals surface area contributed by atoms with Crippen LogP contribution < -0.4 is 5.32 Å². The summed E-state index contributed by atoms with van der Waals surface area (Å²) in [4.78, 5) is 2.69. The molecular weight excluding hydrogens is 400 g/mol. The summed E-state index contributed by atoms with van der Waals surface area (Å²) < 4.78 is 25.6. The Morgan fingerprint density at radius 1 is 1.30 bits per heavy atom. The van der Waals surface area contributed by atoms with Crippen molar-refractivity contribution in [1.29, 1.82) is 0 Å². The molecule has 1 aliphatic rings. The van der Waals surface area contributed by atoms with E-state index in [4.69, 9.17) is 0 Å². The predicted molar refractivity (Wildman–Crippen MR) is 101 cm³/mol. The Kier molecular flexibility index (Phi) is 9.08. The maximum Gasteiger partial charge on any atom is 0.179 e. The maximum absolute atomic E-state index is 12.4. The van der Waals surface area contributed by atoms with Gasteiger partial charge in [-0.3, -0.25) is 0 Å². The van der Waals surface area contributed by atoms with Crippen molar-refractivity contribution in [2.75, 3.05) is 39.0 Å². The third-order valence-corrected chi connectivity index (χ3v) is 6.53. The summed E-state index contributed by atoms with van der Waals surface area (Å²) in [5, 5.41) is 3.20. The van der Waals surface area contributed by atoms with E-state index in [0.29, 0.717) is 11.4 Å². The van der Waals surface area contributed by atoms with E-state index >= 15 is 0 Å². The van der Waals surface area contributed by atoms with Crippen LogP contribution in [-0.4, -0.2) is 52.3 Å². The van der Waals surface area contributed by atoms with Gasteiger partial charge in [0.15, 0.2) is 9.84 Å². The van der Waals surface area contributed by atoms with Crippen molar-refractivity contribution in [3.05, 3.63) is 28.7 Å². The number of rotatable bonds is 7. The molecule has 1 fully saturated rings.